The number of aromatic nitrogens is 1. The molecule has 2 aliphatic rings. The monoisotopic (exact) mass is 436 g/mol. The molecule has 4 aromatic rings. The van der Waals surface area contributed by atoms with Gasteiger partial charge in [0.2, 0.25) is 5.91 Å². The number of hydrogen-bond acceptors (Lipinski definition) is 3. The van der Waals surface area contributed by atoms with Crippen molar-refractivity contribution in [3.05, 3.63) is 95.2 Å². The minimum Gasteiger partial charge on any atom is -0.324 e. The Bertz CT molecular complexity index is 1390. The second-order valence-corrected chi connectivity index (χ2v) is 8.64. The van der Waals surface area contributed by atoms with E-state index in [0.717, 1.165) is 29.8 Å². The van der Waals surface area contributed by atoms with Crippen LogP contribution in [0.25, 0.3) is 16.6 Å². The number of benzene rings is 3. The van der Waals surface area contributed by atoms with Gasteiger partial charge in [0.15, 0.2) is 0 Å². The van der Waals surface area contributed by atoms with E-state index in [1.54, 1.807) is 0 Å². The van der Waals surface area contributed by atoms with Crippen LogP contribution in [0.5, 0.6) is 0 Å². The molecule has 0 saturated carbocycles. The topological polar surface area (TPSA) is 75.2 Å². The number of anilines is 1. The van der Waals surface area contributed by atoms with Gasteiger partial charge in [-0.3, -0.25) is 15.0 Å². The molecule has 6 nitrogen and oxygen atoms in total. The van der Waals surface area contributed by atoms with Crippen LogP contribution in [0.15, 0.2) is 72.8 Å². The van der Waals surface area contributed by atoms with Gasteiger partial charge in [0.05, 0.1) is 5.52 Å². The number of hydrogen-bond donors (Lipinski definition) is 3. The van der Waals surface area contributed by atoms with E-state index in [1.807, 2.05) is 48.5 Å². The van der Waals surface area contributed by atoms with Crippen LogP contribution in [0.4, 0.5) is 5.69 Å². The van der Waals surface area contributed by atoms with Crippen molar-refractivity contribution in [1.82, 2.24) is 15.4 Å². The first-order chi connectivity index (χ1) is 16.2. The molecule has 33 heavy (non-hydrogen) atoms. The Hall–Kier alpha value is -3.90. The second kappa shape index (κ2) is 7.90. The number of carbonyl (C=O) groups excluding carboxylic acids is 2. The highest BCUT2D eigenvalue weighted by atomic mass is 16.2. The van der Waals surface area contributed by atoms with Gasteiger partial charge in [-0.1, -0.05) is 36.4 Å². The maximum Gasteiger partial charge on any atom is 0.265 e. The summed E-state index contributed by atoms with van der Waals surface area (Å²) in [4.78, 5) is 25.0. The fourth-order valence-corrected chi connectivity index (χ4v) is 5.11. The summed E-state index contributed by atoms with van der Waals surface area (Å²) in [5.74, 6) is -0.464. The fourth-order valence-electron chi connectivity index (χ4n) is 5.11. The van der Waals surface area contributed by atoms with E-state index in [4.69, 9.17) is 0 Å². The Balaban J connectivity index is 1.24. The SMILES string of the molecule is O=C(NNC1C(=O)Nc2ccccc21)c1ccc(-n2c3c(c4ccccc42)CCCC3)cc1. The average molecular weight is 437 g/mol. The third-order valence-corrected chi connectivity index (χ3v) is 6.69. The molecule has 0 spiro atoms. The third-order valence-electron chi connectivity index (χ3n) is 6.69. The molecule has 1 unspecified atom stereocenters. The molecule has 6 rings (SSSR count). The molecule has 0 fully saturated rings. The van der Waals surface area contributed by atoms with E-state index in [1.165, 1.54) is 35.0 Å². The number of rotatable bonds is 4. The van der Waals surface area contributed by atoms with Crippen molar-refractivity contribution in [3.8, 4) is 5.69 Å². The van der Waals surface area contributed by atoms with Gasteiger partial charge in [0.25, 0.3) is 5.91 Å². The van der Waals surface area contributed by atoms with Crippen LogP contribution >= 0.6 is 0 Å². The lowest BCUT2D eigenvalue weighted by Crippen LogP contribution is -2.42. The zero-order chi connectivity index (χ0) is 22.4. The number of fused-ring (bicyclic) bond motifs is 4. The van der Waals surface area contributed by atoms with Crippen LogP contribution < -0.4 is 16.2 Å². The maximum atomic E-state index is 12.8. The van der Waals surface area contributed by atoms with Crippen molar-refractivity contribution < 1.29 is 9.59 Å². The van der Waals surface area contributed by atoms with Crippen LogP contribution in [0.1, 0.15) is 46.1 Å². The molecule has 0 saturated heterocycles. The summed E-state index contributed by atoms with van der Waals surface area (Å²) in [6, 6.07) is 23.1. The molecule has 1 atom stereocenters. The number of para-hydroxylation sites is 2. The maximum absolute atomic E-state index is 12.8. The largest absolute Gasteiger partial charge is 0.324 e. The lowest BCUT2D eigenvalue weighted by Gasteiger charge is -2.16. The molecule has 2 heterocycles. The van der Waals surface area contributed by atoms with Gasteiger partial charge in [-0.15, -0.1) is 0 Å². The molecular weight excluding hydrogens is 412 g/mol. The van der Waals surface area contributed by atoms with Gasteiger partial charge in [-0.05, 0) is 67.6 Å². The van der Waals surface area contributed by atoms with Gasteiger partial charge in [0, 0.05) is 33.6 Å². The number of amides is 2. The summed E-state index contributed by atoms with van der Waals surface area (Å²) < 4.78 is 2.34. The number of nitrogens with zero attached hydrogens (tertiary/aromatic N) is 1. The van der Waals surface area contributed by atoms with Gasteiger partial charge in [-0.2, -0.15) is 0 Å². The minimum absolute atomic E-state index is 0.184. The van der Waals surface area contributed by atoms with Crippen LogP contribution in [0, 0.1) is 0 Å². The summed E-state index contributed by atoms with van der Waals surface area (Å²) >= 11 is 0. The molecule has 1 aliphatic carbocycles. The Kier molecular flexibility index (Phi) is 4.73. The van der Waals surface area contributed by atoms with E-state index in [9.17, 15) is 9.59 Å². The fraction of sp³-hybridized carbons (Fsp3) is 0.185. The summed E-state index contributed by atoms with van der Waals surface area (Å²) in [5, 5.41) is 4.15. The van der Waals surface area contributed by atoms with Crippen molar-refractivity contribution in [3.63, 3.8) is 0 Å². The Morgan fingerprint density at radius 2 is 1.67 bits per heavy atom. The smallest absolute Gasteiger partial charge is 0.265 e. The molecule has 3 N–H and O–H groups in total. The molecule has 2 amide bonds. The van der Waals surface area contributed by atoms with E-state index in [-0.39, 0.29) is 11.8 Å². The third kappa shape index (κ3) is 3.31. The Labute approximate surface area is 191 Å². The lowest BCUT2D eigenvalue weighted by atomic mass is 9.95. The van der Waals surface area contributed by atoms with E-state index < -0.39 is 6.04 Å². The summed E-state index contributed by atoms with van der Waals surface area (Å²) in [6.45, 7) is 0. The highest BCUT2D eigenvalue weighted by Gasteiger charge is 2.30. The molecule has 0 bridgehead atoms. The average Bonchev–Trinajstić information content (AvgIpc) is 3.36. The molecular formula is C27H24N4O2. The highest BCUT2D eigenvalue weighted by molar-refractivity contribution is 6.03. The lowest BCUT2D eigenvalue weighted by molar-refractivity contribution is -0.117. The van der Waals surface area contributed by atoms with Crippen LogP contribution in [0.2, 0.25) is 0 Å². The predicted octanol–water partition coefficient (Wildman–Crippen LogP) is 4.44. The molecule has 1 aromatic heterocycles. The highest BCUT2D eigenvalue weighted by Crippen LogP contribution is 2.34. The van der Waals surface area contributed by atoms with Gasteiger partial charge < -0.3 is 9.88 Å². The van der Waals surface area contributed by atoms with E-state index >= 15 is 0 Å². The molecule has 3 aromatic carbocycles. The minimum atomic E-state index is -0.609. The number of hydrazine groups is 1. The van der Waals surface area contributed by atoms with Gasteiger partial charge >= 0.3 is 0 Å². The summed E-state index contributed by atoms with van der Waals surface area (Å²) in [6.07, 6.45) is 4.62. The molecule has 1 aliphatic heterocycles. The zero-order valence-corrected chi connectivity index (χ0v) is 18.1. The summed E-state index contributed by atoms with van der Waals surface area (Å²) in [7, 11) is 0. The zero-order valence-electron chi connectivity index (χ0n) is 18.1. The van der Waals surface area contributed by atoms with Crippen LogP contribution in [-0.4, -0.2) is 16.4 Å². The van der Waals surface area contributed by atoms with Crippen molar-refractivity contribution in [1.29, 1.82) is 0 Å². The summed E-state index contributed by atoms with van der Waals surface area (Å²) in [5.41, 5.74) is 12.8. The normalized spacial score (nSPS) is 16.8. The van der Waals surface area contributed by atoms with Crippen molar-refractivity contribution in [2.75, 3.05) is 5.32 Å². The standard InChI is InChI=1S/C27H24N4O2/c32-26(30-29-25-21-9-1-4-10-22(21)28-27(25)33)17-13-15-18(16-14-17)31-23-11-5-2-7-19(23)20-8-3-6-12-24(20)31/h1-2,4-5,7,9-11,13-16,25,29H,3,6,8,12H2,(H,28,33)(H,30,32). The Morgan fingerprint density at radius 3 is 2.55 bits per heavy atom. The first-order valence-corrected chi connectivity index (χ1v) is 11.4. The van der Waals surface area contributed by atoms with Crippen molar-refractivity contribution in [2.24, 2.45) is 0 Å². The van der Waals surface area contributed by atoms with Crippen LogP contribution in [-0.2, 0) is 17.6 Å². The Morgan fingerprint density at radius 1 is 0.909 bits per heavy atom. The number of nitrogens with one attached hydrogen (secondary N) is 3. The van der Waals surface area contributed by atoms with E-state index in [0.29, 0.717) is 5.56 Å². The predicted molar refractivity (Wildman–Crippen MR) is 128 cm³/mol. The molecule has 0 radical (unpaired) electrons. The first kappa shape index (κ1) is 19.8. The second-order valence-electron chi connectivity index (χ2n) is 8.64. The molecule has 164 valence electrons. The molecule has 6 heteroatoms. The van der Waals surface area contributed by atoms with Crippen molar-refractivity contribution >= 4 is 28.4 Å². The quantitative estimate of drug-likeness (QED) is 0.414. The first-order valence-electron chi connectivity index (χ1n) is 11.4. The van der Waals surface area contributed by atoms with Gasteiger partial charge in [-0.25, -0.2) is 5.43 Å². The van der Waals surface area contributed by atoms with E-state index in [2.05, 4.69) is 45.0 Å². The number of carbonyl (C=O) groups is 2. The van der Waals surface area contributed by atoms with Crippen LogP contribution in [0.3, 0.4) is 0 Å². The number of aryl methyl sites for hydroxylation is 1. The van der Waals surface area contributed by atoms with Crippen molar-refractivity contribution in [2.45, 2.75) is 31.7 Å². The van der Waals surface area contributed by atoms with Gasteiger partial charge in [0.1, 0.15) is 6.04 Å².